The van der Waals surface area contributed by atoms with Crippen molar-refractivity contribution in [2.75, 3.05) is 12.4 Å². The molecule has 0 aliphatic rings. The number of esters is 1. The van der Waals surface area contributed by atoms with Crippen molar-refractivity contribution in [3.05, 3.63) is 12.7 Å². The summed E-state index contributed by atoms with van der Waals surface area (Å²) in [6, 6.07) is 0. The quantitative estimate of drug-likeness (QED) is 0.371. The molecule has 18 heavy (non-hydrogen) atoms. The summed E-state index contributed by atoms with van der Waals surface area (Å²) in [7, 11) is 0. The fourth-order valence-corrected chi connectivity index (χ4v) is 2.37. The lowest BCUT2D eigenvalue weighted by Crippen LogP contribution is -2.03. The number of H-pyrrole nitrogens is 1. The molecule has 0 radical (unpaired) electrons. The fourth-order valence-electron chi connectivity index (χ4n) is 1.47. The van der Waals surface area contributed by atoms with Crippen molar-refractivity contribution in [2.24, 2.45) is 0 Å². The number of fused-ring (bicyclic) bond motifs is 1. The van der Waals surface area contributed by atoms with Crippen molar-refractivity contribution in [3.8, 4) is 0 Å². The largest absolute Gasteiger partial charge is 0.466 e. The zero-order chi connectivity index (χ0) is 12.8. The zero-order valence-corrected chi connectivity index (χ0v) is 10.9. The first-order valence-electron chi connectivity index (χ1n) is 5.73. The van der Waals surface area contributed by atoms with Crippen molar-refractivity contribution in [3.63, 3.8) is 0 Å². The Labute approximate surface area is 109 Å². The van der Waals surface area contributed by atoms with Gasteiger partial charge in [-0.1, -0.05) is 0 Å². The van der Waals surface area contributed by atoms with Crippen LogP contribution in [0.5, 0.6) is 0 Å². The van der Waals surface area contributed by atoms with Crippen LogP contribution >= 0.6 is 11.8 Å². The molecule has 2 aromatic heterocycles. The maximum absolute atomic E-state index is 11.2. The van der Waals surface area contributed by atoms with Gasteiger partial charge in [-0.3, -0.25) is 4.79 Å². The predicted octanol–water partition coefficient (Wildman–Crippen LogP) is 1.79. The van der Waals surface area contributed by atoms with Crippen LogP contribution in [0.2, 0.25) is 0 Å². The van der Waals surface area contributed by atoms with Gasteiger partial charge in [-0.2, -0.15) is 0 Å². The van der Waals surface area contributed by atoms with Crippen LogP contribution in [0.15, 0.2) is 17.7 Å². The lowest BCUT2D eigenvalue weighted by atomic mass is 10.3. The van der Waals surface area contributed by atoms with Gasteiger partial charge < -0.3 is 9.72 Å². The zero-order valence-electron chi connectivity index (χ0n) is 10.0. The Balaban J connectivity index is 1.83. The van der Waals surface area contributed by atoms with E-state index in [2.05, 4.69) is 19.9 Å². The molecule has 2 aromatic rings. The highest BCUT2D eigenvalue weighted by atomic mass is 32.2. The molecule has 0 aromatic carbocycles. The number of hydrogen-bond donors (Lipinski definition) is 1. The first kappa shape index (κ1) is 12.8. The Hall–Kier alpha value is -1.63. The molecular weight excluding hydrogens is 252 g/mol. The Morgan fingerprint density at radius 2 is 2.33 bits per heavy atom. The second kappa shape index (κ2) is 6.34. The van der Waals surface area contributed by atoms with Crippen molar-refractivity contribution < 1.29 is 9.53 Å². The van der Waals surface area contributed by atoms with Gasteiger partial charge in [-0.15, -0.1) is 11.8 Å². The third-order valence-electron chi connectivity index (χ3n) is 2.26. The van der Waals surface area contributed by atoms with Gasteiger partial charge in [-0.25, -0.2) is 15.0 Å². The number of hydrogen-bond acceptors (Lipinski definition) is 6. The lowest BCUT2D eigenvalue weighted by Gasteiger charge is -2.02. The third kappa shape index (κ3) is 3.19. The van der Waals surface area contributed by atoms with Crippen LogP contribution in [0.1, 0.15) is 19.8 Å². The summed E-state index contributed by atoms with van der Waals surface area (Å²) >= 11 is 1.58. The van der Waals surface area contributed by atoms with E-state index in [1.807, 2.05) is 6.92 Å². The molecule has 0 atom stereocenters. The van der Waals surface area contributed by atoms with E-state index < -0.39 is 0 Å². The molecule has 0 fully saturated rings. The number of nitrogens with zero attached hydrogens (tertiary/aromatic N) is 3. The predicted molar refractivity (Wildman–Crippen MR) is 68.3 cm³/mol. The number of carbonyl (C=O) groups excluding carboxylic acids is 1. The fraction of sp³-hybridized carbons (Fsp3) is 0.455. The van der Waals surface area contributed by atoms with E-state index in [1.54, 1.807) is 18.1 Å². The maximum atomic E-state index is 11.2. The maximum Gasteiger partial charge on any atom is 0.305 e. The van der Waals surface area contributed by atoms with Gasteiger partial charge in [0, 0.05) is 12.2 Å². The number of imidazole rings is 1. The second-order valence-electron chi connectivity index (χ2n) is 3.54. The van der Waals surface area contributed by atoms with Gasteiger partial charge in [-0.05, 0) is 13.3 Å². The van der Waals surface area contributed by atoms with Gasteiger partial charge >= 0.3 is 5.97 Å². The molecule has 0 bridgehead atoms. The van der Waals surface area contributed by atoms with Crippen LogP contribution in [-0.2, 0) is 9.53 Å². The summed E-state index contributed by atoms with van der Waals surface area (Å²) in [5.41, 5.74) is 1.51. The summed E-state index contributed by atoms with van der Waals surface area (Å²) in [6.45, 7) is 2.25. The van der Waals surface area contributed by atoms with Crippen LogP contribution in [0.3, 0.4) is 0 Å². The van der Waals surface area contributed by atoms with Gasteiger partial charge in [0.15, 0.2) is 5.65 Å². The Morgan fingerprint density at radius 1 is 1.44 bits per heavy atom. The normalized spacial score (nSPS) is 10.7. The van der Waals surface area contributed by atoms with Gasteiger partial charge in [0.2, 0.25) is 0 Å². The van der Waals surface area contributed by atoms with E-state index in [4.69, 9.17) is 4.74 Å². The summed E-state index contributed by atoms with van der Waals surface area (Å²) in [6.07, 6.45) is 4.31. The minimum Gasteiger partial charge on any atom is -0.466 e. The van der Waals surface area contributed by atoms with E-state index in [0.717, 1.165) is 22.7 Å². The first-order valence-corrected chi connectivity index (χ1v) is 6.72. The molecule has 0 spiro atoms. The first-order chi connectivity index (χ1) is 8.81. The molecule has 0 saturated carbocycles. The van der Waals surface area contributed by atoms with E-state index in [9.17, 15) is 4.79 Å². The van der Waals surface area contributed by atoms with Crippen molar-refractivity contribution >= 4 is 28.9 Å². The Bertz CT molecular complexity index is 528. The highest BCUT2D eigenvalue weighted by molar-refractivity contribution is 7.99. The molecule has 2 heterocycles. The van der Waals surface area contributed by atoms with Gasteiger partial charge in [0.1, 0.15) is 16.9 Å². The van der Waals surface area contributed by atoms with Crippen LogP contribution in [-0.4, -0.2) is 38.3 Å². The average molecular weight is 266 g/mol. The minimum atomic E-state index is -0.146. The van der Waals surface area contributed by atoms with E-state index >= 15 is 0 Å². The molecule has 0 saturated heterocycles. The standard InChI is InChI=1S/C11H14N4O2S/c1-2-17-8(16)4-3-5-18-11-9-10(13-6-12-9)14-7-15-11/h6-7H,2-5H2,1H3,(H,12,13,14,15). The topological polar surface area (TPSA) is 80.8 Å². The summed E-state index contributed by atoms with van der Waals surface area (Å²) in [5, 5.41) is 0.862. The van der Waals surface area contributed by atoms with E-state index in [0.29, 0.717) is 18.7 Å². The van der Waals surface area contributed by atoms with Gasteiger partial charge in [0.25, 0.3) is 0 Å². The second-order valence-corrected chi connectivity index (χ2v) is 4.62. The SMILES string of the molecule is CCOC(=O)CCCSc1ncnc2nc[nH]c12. The van der Waals surface area contributed by atoms with Crippen LogP contribution < -0.4 is 0 Å². The van der Waals surface area contributed by atoms with Crippen molar-refractivity contribution in [1.29, 1.82) is 0 Å². The van der Waals surface area contributed by atoms with Crippen molar-refractivity contribution in [1.82, 2.24) is 19.9 Å². The number of nitrogens with one attached hydrogen (secondary N) is 1. The van der Waals surface area contributed by atoms with E-state index in [1.165, 1.54) is 6.33 Å². The summed E-state index contributed by atoms with van der Waals surface area (Å²) < 4.78 is 4.86. The summed E-state index contributed by atoms with van der Waals surface area (Å²) in [4.78, 5) is 26.5. The van der Waals surface area contributed by atoms with Crippen LogP contribution in [0, 0.1) is 0 Å². The summed E-state index contributed by atoms with van der Waals surface area (Å²) in [5.74, 6) is 0.664. The molecular formula is C11H14N4O2S. The van der Waals surface area contributed by atoms with Crippen LogP contribution in [0.4, 0.5) is 0 Å². The third-order valence-corrected chi connectivity index (χ3v) is 3.33. The molecule has 6 nitrogen and oxygen atoms in total. The average Bonchev–Trinajstić information content (AvgIpc) is 2.84. The number of ether oxygens (including phenoxy) is 1. The Morgan fingerprint density at radius 3 is 3.17 bits per heavy atom. The molecule has 0 unspecified atom stereocenters. The molecule has 0 amide bonds. The minimum absolute atomic E-state index is 0.146. The highest BCUT2D eigenvalue weighted by Crippen LogP contribution is 2.22. The number of rotatable bonds is 6. The molecule has 0 aliphatic heterocycles. The molecule has 1 N–H and O–H groups in total. The Kier molecular flexibility index (Phi) is 4.52. The highest BCUT2D eigenvalue weighted by Gasteiger charge is 2.07. The molecule has 0 aliphatic carbocycles. The number of aromatic nitrogens is 4. The monoisotopic (exact) mass is 266 g/mol. The number of carbonyl (C=O) groups is 1. The molecule has 2 rings (SSSR count). The van der Waals surface area contributed by atoms with E-state index in [-0.39, 0.29) is 5.97 Å². The van der Waals surface area contributed by atoms with Gasteiger partial charge in [0.05, 0.1) is 12.9 Å². The number of thioether (sulfide) groups is 1. The molecule has 7 heteroatoms. The van der Waals surface area contributed by atoms with Crippen molar-refractivity contribution in [2.45, 2.75) is 24.8 Å². The smallest absolute Gasteiger partial charge is 0.305 e. The lowest BCUT2D eigenvalue weighted by molar-refractivity contribution is -0.143. The molecule has 96 valence electrons. The number of aromatic amines is 1. The van der Waals surface area contributed by atoms with Crippen LogP contribution in [0.25, 0.3) is 11.2 Å².